The van der Waals surface area contributed by atoms with Gasteiger partial charge < -0.3 is 5.73 Å². The third kappa shape index (κ3) is 8.41. The SMILES string of the molecule is Cc1cc(C)cc(-c2c(CCN(CCCCc3ccc(NS(C)(=O)=O)cc3)Cc3ccccc3)c3c[c]ccc3n2C(N)=O)c1. The van der Waals surface area contributed by atoms with E-state index in [1.165, 1.54) is 11.1 Å². The standard InChI is InChI=1S/C37H41N4O3S/c1-27-23-28(2)25-31(24-27)36-34(33-14-7-8-15-35(33)41(36)37(38)42)20-22-40(26-30-12-5-4-6-13-30)21-10-9-11-29-16-18-32(19-17-29)39-45(3,43)44/h4-6,8,12-19,23-25,39H,9-11,20-22,26H2,1-3H3,(H2,38,42). The van der Waals surface area contributed by atoms with E-state index in [9.17, 15) is 13.2 Å². The monoisotopic (exact) mass is 621 g/mol. The van der Waals surface area contributed by atoms with Crippen molar-refractivity contribution in [1.82, 2.24) is 9.47 Å². The molecule has 0 spiro atoms. The minimum absolute atomic E-state index is 0.493. The summed E-state index contributed by atoms with van der Waals surface area (Å²) in [5.41, 5.74) is 15.0. The lowest BCUT2D eigenvalue weighted by Gasteiger charge is -2.23. The zero-order valence-corrected chi connectivity index (χ0v) is 27.0. The molecule has 7 nitrogen and oxygen atoms in total. The molecule has 0 saturated carbocycles. The molecule has 233 valence electrons. The lowest BCUT2D eigenvalue weighted by molar-refractivity contribution is 0.251. The van der Waals surface area contributed by atoms with Gasteiger partial charge in [-0.15, -0.1) is 0 Å². The fourth-order valence-electron chi connectivity index (χ4n) is 6.14. The van der Waals surface area contributed by atoms with Gasteiger partial charge >= 0.3 is 6.03 Å². The van der Waals surface area contributed by atoms with E-state index in [2.05, 4.69) is 72.0 Å². The number of aryl methyl sites for hydroxylation is 3. The molecule has 0 aliphatic heterocycles. The van der Waals surface area contributed by atoms with Crippen molar-refractivity contribution in [1.29, 1.82) is 0 Å². The first kappa shape index (κ1) is 32.0. The van der Waals surface area contributed by atoms with Crippen LogP contribution in [0, 0.1) is 19.9 Å². The first-order valence-electron chi connectivity index (χ1n) is 15.3. The number of fused-ring (bicyclic) bond motifs is 1. The van der Waals surface area contributed by atoms with Crippen LogP contribution < -0.4 is 10.5 Å². The van der Waals surface area contributed by atoms with Crippen LogP contribution >= 0.6 is 0 Å². The van der Waals surface area contributed by atoms with Crippen molar-refractivity contribution < 1.29 is 13.2 Å². The van der Waals surface area contributed by atoms with Crippen LogP contribution in [0.15, 0.2) is 91.0 Å². The van der Waals surface area contributed by atoms with E-state index >= 15 is 0 Å². The summed E-state index contributed by atoms with van der Waals surface area (Å²) in [4.78, 5) is 15.4. The number of rotatable bonds is 13. The third-order valence-corrected chi connectivity index (χ3v) is 8.61. The van der Waals surface area contributed by atoms with E-state index in [4.69, 9.17) is 5.73 Å². The first-order valence-corrected chi connectivity index (χ1v) is 17.2. The van der Waals surface area contributed by atoms with Gasteiger partial charge in [0.15, 0.2) is 0 Å². The highest BCUT2D eigenvalue weighted by atomic mass is 32.2. The molecule has 4 aromatic carbocycles. The first-order chi connectivity index (χ1) is 21.6. The second kappa shape index (κ2) is 14.1. The molecule has 0 aliphatic rings. The van der Waals surface area contributed by atoms with Crippen molar-refractivity contribution in [3.05, 3.63) is 125 Å². The van der Waals surface area contributed by atoms with Gasteiger partial charge in [0, 0.05) is 24.2 Å². The number of hydrogen-bond acceptors (Lipinski definition) is 4. The van der Waals surface area contributed by atoms with Gasteiger partial charge in [-0.1, -0.05) is 65.7 Å². The number of nitrogens with one attached hydrogen (secondary N) is 1. The van der Waals surface area contributed by atoms with Crippen molar-refractivity contribution in [2.24, 2.45) is 5.73 Å². The van der Waals surface area contributed by atoms with Crippen molar-refractivity contribution in [3.63, 3.8) is 0 Å². The van der Waals surface area contributed by atoms with E-state index in [1.54, 1.807) is 4.57 Å². The molecule has 5 rings (SSSR count). The molecule has 0 fully saturated rings. The summed E-state index contributed by atoms with van der Waals surface area (Å²) in [6.07, 6.45) is 4.83. The van der Waals surface area contributed by atoms with E-state index in [-0.39, 0.29) is 0 Å². The van der Waals surface area contributed by atoms with Crippen LogP contribution in [0.2, 0.25) is 0 Å². The largest absolute Gasteiger partial charge is 0.351 e. The number of nitrogens with zero attached hydrogens (tertiary/aromatic N) is 2. The summed E-state index contributed by atoms with van der Waals surface area (Å²) in [5, 5.41) is 0.999. The molecule has 1 heterocycles. The molecule has 0 saturated heterocycles. The van der Waals surface area contributed by atoms with E-state index in [1.807, 2.05) is 48.5 Å². The van der Waals surface area contributed by atoms with Gasteiger partial charge in [0.05, 0.1) is 17.5 Å². The molecule has 45 heavy (non-hydrogen) atoms. The Labute approximate surface area is 266 Å². The predicted molar refractivity (Wildman–Crippen MR) is 184 cm³/mol. The Bertz CT molecular complexity index is 1860. The molecule has 0 atom stereocenters. The molecule has 0 bridgehead atoms. The quantitative estimate of drug-likeness (QED) is 0.137. The number of carbonyl (C=O) groups is 1. The third-order valence-electron chi connectivity index (χ3n) is 8.01. The van der Waals surface area contributed by atoms with Crippen LogP contribution in [0.3, 0.4) is 0 Å². The Kier molecular flexibility index (Phi) is 10.1. The lowest BCUT2D eigenvalue weighted by atomic mass is 9.99. The van der Waals surface area contributed by atoms with Gasteiger partial charge in [0.2, 0.25) is 10.0 Å². The number of primary amides is 1. The Morgan fingerprint density at radius 3 is 2.27 bits per heavy atom. The van der Waals surface area contributed by atoms with Crippen LogP contribution in [0.25, 0.3) is 22.2 Å². The van der Waals surface area contributed by atoms with Crippen molar-refractivity contribution in [2.75, 3.05) is 24.1 Å². The Balaban J connectivity index is 1.36. The fourth-order valence-corrected chi connectivity index (χ4v) is 6.70. The highest BCUT2D eigenvalue weighted by Crippen LogP contribution is 2.35. The summed E-state index contributed by atoms with van der Waals surface area (Å²) in [6, 6.07) is 32.9. The summed E-state index contributed by atoms with van der Waals surface area (Å²) in [5.74, 6) is 0. The van der Waals surface area contributed by atoms with Gasteiger partial charge in [-0.2, -0.15) is 0 Å². The number of anilines is 1. The van der Waals surface area contributed by atoms with E-state index in [0.717, 1.165) is 90.4 Å². The van der Waals surface area contributed by atoms with Crippen LogP contribution in [0.5, 0.6) is 0 Å². The van der Waals surface area contributed by atoms with Gasteiger partial charge in [-0.3, -0.25) is 14.2 Å². The number of hydrogen-bond donors (Lipinski definition) is 2. The highest BCUT2D eigenvalue weighted by molar-refractivity contribution is 7.92. The molecule has 5 aromatic rings. The zero-order chi connectivity index (χ0) is 32.0. The van der Waals surface area contributed by atoms with Gasteiger partial charge in [-0.05, 0) is 111 Å². The van der Waals surface area contributed by atoms with Gasteiger partial charge in [0.25, 0.3) is 0 Å². The number of sulfonamides is 1. The summed E-state index contributed by atoms with van der Waals surface area (Å²) in [7, 11) is -3.29. The van der Waals surface area contributed by atoms with Crippen LogP contribution in [0.1, 0.15) is 40.7 Å². The maximum Gasteiger partial charge on any atom is 0.323 e. The maximum atomic E-state index is 12.9. The second-order valence-electron chi connectivity index (χ2n) is 11.9. The van der Waals surface area contributed by atoms with Crippen LogP contribution in [-0.4, -0.2) is 43.3 Å². The van der Waals surface area contributed by atoms with Crippen LogP contribution in [0.4, 0.5) is 10.5 Å². The van der Waals surface area contributed by atoms with E-state index in [0.29, 0.717) is 5.69 Å². The normalized spacial score (nSPS) is 11.7. The molecule has 1 amide bonds. The average molecular weight is 622 g/mol. The molecular weight excluding hydrogens is 580 g/mol. The minimum Gasteiger partial charge on any atom is -0.351 e. The van der Waals surface area contributed by atoms with Gasteiger partial charge in [-0.25, -0.2) is 13.2 Å². The molecule has 0 unspecified atom stereocenters. The van der Waals surface area contributed by atoms with Crippen molar-refractivity contribution in [2.45, 2.75) is 46.1 Å². The Hall–Kier alpha value is -4.40. The summed E-state index contributed by atoms with van der Waals surface area (Å²) in [6.45, 7) is 6.70. The highest BCUT2D eigenvalue weighted by Gasteiger charge is 2.22. The lowest BCUT2D eigenvalue weighted by Crippen LogP contribution is -2.27. The second-order valence-corrected chi connectivity index (χ2v) is 13.6. The number of nitrogens with two attached hydrogens (primary N) is 1. The molecule has 8 heteroatoms. The molecule has 3 N–H and O–H groups in total. The number of carbonyl (C=O) groups excluding carboxylic acids is 1. The van der Waals surface area contributed by atoms with E-state index < -0.39 is 16.1 Å². The van der Waals surface area contributed by atoms with Crippen molar-refractivity contribution in [3.8, 4) is 11.3 Å². The average Bonchev–Trinajstić information content (AvgIpc) is 3.33. The Morgan fingerprint density at radius 1 is 0.889 bits per heavy atom. The fraction of sp³-hybridized carbons (Fsp3) is 0.270. The van der Waals surface area contributed by atoms with Crippen molar-refractivity contribution >= 4 is 32.6 Å². The number of unbranched alkanes of at least 4 members (excludes halogenated alkanes) is 1. The molecular formula is C37H41N4O3S. The molecule has 0 aliphatic carbocycles. The van der Waals surface area contributed by atoms with Gasteiger partial charge in [0.1, 0.15) is 0 Å². The number of benzene rings is 4. The molecule has 1 aromatic heterocycles. The predicted octanol–water partition coefficient (Wildman–Crippen LogP) is 7.09. The maximum absolute atomic E-state index is 12.9. The summed E-state index contributed by atoms with van der Waals surface area (Å²) < 4.78 is 27.2. The zero-order valence-electron chi connectivity index (χ0n) is 26.2. The number of amides is 1. The smallest absolute Gasteiger partial charge is 0.323 e. The Morgan fingerprint density at radius 2 is 1.60 bits per heavy atom. The summed E-state index contributed by atoms with van der Waals surface area (Å²) >= 11 is 0. The topological polar surface area (TPSA) is 97.4 Å². The molecule has 1 radical (unpaired) electrons. The number of aromatic nitrogens is 1. The minimum atomic E-state index is -3.29. The van der Waals surface area contributed by atoms with Crippen LogP contribution in [-0.2, 0) is 29.4 Å².